The molecule has 0 bridgehead atoms. The second-order valence-electron chi connectivity index (χ2n) is 4.98. The van der Waals surface area contributed by atoms with Crippen LogP contribution in [0.3, 0.4) is 0 Å². The highest BCUT2D eigenvalue weighted by Gasteiger charge is 2.13. The molecule has 0 spiro atoms. The Labute approximate surface area is 141 Å². The second kappa shape index (κ2) is 8.76. The van der Waals surface area contributed by atoms with E-state index in [0.717, 1.165) is 5.56 Å². The van der Waals surface area contributed by atoms with Crippen LogP contribution in [0.1, 0.15) is 22.8 Å². The van der Waals surface area contributed by atoms with Gasteiger partial charge in [-0.25, -0.2) is 4.98 Å². The van der Waals surface area contributed by atoms with E-state index in [0.29, 0.717) is 42.5 Å². The minimum Gasteiger partial charge on any atom is -0.493 e. The van der Waals surface area contributed by atoms with Crippen molar-refractivity contribution in [3.05, 3.63) is 47.7 Å². The van der Waals surface area contributed by atoms with Gasteiger partial charge in [0.15, 0.2) is 11.5 Å². The Balaban J connectivity index is 1.96. The molecule has 0 aliphatic rings. The van der Waals surface area contributed by atoms with Gasteiger partial charge in [-0.3, -0.25) is 4.79 Å². The Morgan fingerprint density at radius 2 is 1.96 bits per heavy atom. The number of hydrogen-bond donors (Lipinski definition) is 1. The average molecular weight is 330 g/mol. The van der Waals surface area contributed by atoms with Crippen molar-refractivity contribution in [2.24, 2.45) is 0 Å². The van der Waals surface area contributed by atoms with E-state index in [-0.39, 0.29) is 5.91 Å². The number of ether oxygens (including phenoxy) is 3. The summed E-state index contributed by atoms with van der Waals surface area (Å²) in [7, 11) is 3.20. The summed E-state index contributed by atoms with van der Waals surface area (Å²) in [6, 6.07) is 9.11. The summed E-state index contributed by atoms with van der Waals surface area (Å²) in [5.41, 5.74) is 1.48. The van der Waals surface area contributed by atoms with E-state index in [9.17, 15) is 4.79 Å². The molecule has 0 saturated carbocycles. The van der Waals surface area contributed by atoms with Crippen molar-refractivity contribution in [3.63, 3.8) is 0 Å². The summed E-state index contributed by atoms with van der Waals surface area (Å²) in [4.78, 5) is 16.4. The number of benzene rings is 1. The molecule has 1 N–H and O–H groups in total. The fraction of sp³-hybridized carbons (Fsp3) is 0.333. The minimum absolute atomic E-state index is 0.202. The van der Waals surface area contributed by atoms with Gasteiger partial charge in [0.25, 0.3) is 5.91 Å². The summed E-state index contributed by atoms with van der Waals surface area (Å²) in [6.45, 7) is 2.81. The van der Waals surface area contributed by atoms with Gasteiger partial charge in [0.2, 0.25) is 5.88 Å². The van der Waals surface area contributed by atoms with Crippen LogP contribution in [0, 0.1) is 0 Å². The molecular weight excluding hydrogens is 308 g/mol. The van der Waals surface area contributed by atoms with E-state index in [2.05, 4.69) is 10.3 Å². The Morgan fingerprint density at radius 3 is 2.67 bits per heavy atom. The Morgan fingerprint density at radius 1 is 1.17 bits per heavy atom. The molecule has 2 rings (SSSR count). The zero-order valence-electron chi connectivity index (χ0n) is 14.2. The first kappa shape index (κ1) is 17.6. The predicted octanol–water partition coefficient (Wildman–Crippen LogP) is 2.47. The van der Waals surface area contributed by atoms with Crippen LogP contribution in [-0.2, 0) is 6.42 Å². The molecule has 1 aromatic heterocycles. The number of hydrogen-bond acceptors (Lipinski definition) is 5. The second-order valence-corrected chi connectivity index (χ2v) is 4.98. The van der Waals surface area contributed by atoms with Crippen LogP contribution in [0.2, 0.25) is 0 Å². The van der Waals surface area contributed by atoms with E-state index in [4.69, 9.17) is 14.2 Å². The van der Waals surface area contributed by atoms with Crippen LogP contribution in [-0.4, -0.2) is 38.3 Å². The van der Waals surface area contributed by atoms with Gasteiger partial charge in [-0.05, 0) is 43.2 Å². The number of carbonyl (C=O) groups is 1. The third kappa shape index (κ3) is 4.38. The summed E-state index contributed by atoms with van der Waals surface area (Å²) in [5, 5.41) is 2.88. The van der Waals surface area contributed by atoms with Crippen molar-refractivity contribution in [1.29, 1.82) is 0 Å². The molecule has 1 heterocycles. The SMILES string of the molecule is CCOc1ncccc1C(=O)NCCc1ccc(OC)c(OC)c1. The first-order chi connectivity index (χ1) is 11.7. The molecule has 6 nitrogen and oxygen atoms in total. The molecule has 0 saturated heterocycles. The average Bonchev–Trinajstić information content (AvgIpc) is 2.62. The maximum Gasteiger partial charge on any atom is 0.256 e. The molecule has 1 amide bonds. The predicted molar refractivity (Wildman–Crippen MR) is 91.0 cm³/mol. The lowest BCUT2D eigenvalue weighted by molar-refractivity contribution is 0.0949. The molecule has 24 heavy (non-hydrogen) atoms. The van der Waals surface area contributed by atoms with Crippen LogP contribution >= 0.6 is 0 Å². The number of methoxy groups -OCH3 is 2. The molecule has 2 aromatic rings. The highest BCUT2D eigenvalue weighted by molar-refractivity contribution is 5.96. The van der Waals surface area contributed by atoms with Crippen LogP contribution in [0.25, 0.3) is 0 Å². The number of nitrogens with one attached hydrogen (secondary N) is 1. The quantitative estimate of drug-likeness (QED) is 0.805. The fourth-order valence-electron chi connectivity index (χ4n) is 2.27. The van der Waals surface area contributed by atoms with Crippen molar-refractivity contribution >= 4 is 5.91 Å². The molecule has 0 aliphatic carbocycles. The first-order valence-corrected chi connectivity index (χ1v) is 7.76. The third-order valence-electron chi connectivity index (χ3n) is 3.44. The van der Waals surface area contributed by atoms with Gasteiger partial charge in [-0.1, -0.05) is 6.07 Å². The van der Waals surface area contributed by atoms with Crippen LogP contribution in [0.15, 0.2) is 36.5 Å². The highest BCUT2D eigenvalue weighted by atomic mass is 16.5. The van der Waals surface area contributed by atoms with Gasteiger partial charge < -0.3 is 19.5 Å². The van der Waals surface area contributed by atoms with Crippen molar-refractivity contribution in [2.75, 3.05) is 27.4 Å². The number of carbonyl (C=O) groups excluding carboxylic acids is 1. The fourth-order valence-corrected chi connectivity index (χ4v) is 2.27. The van der Waals surface area contributed by atoms with E-state index >= 15 is 0 Å². The first-order valence-electron chi connectivity index (χ1n) is 7.76. The molecule has 6 heteroatoms. The molecule has 0 atom stereocenters. The molecule has 1 aromatic carbocycles. The van der Waals surface area contributed by atoms with Gasteiger partial charge in [0.05, 0.1) is 20.8 Å². The third-order valence-corrected chi connectivity index (χ3v) is 3.44. The topological polar surface area (TPSA) is 69.7 Å². The molecule has 0 fully saturated rings. The van der Waals surface area contributed by atoms with Crippen LogP contribution in [0.4, 0.5) is 0 Å². The Kier molecular flexibility index (Phi) is 6.42. The number of amides is 1. The highest BCUT2D eigenvalue weighted by Crippen LogP contribution is 2.27. The van der Waals surface area contributed by atoms with Gasteiger partial charge >= 0.3 is 0 Å². The van der Waals surface area contributed by atoms with E-state index in [1.54, 1.807) is 32.5 Å². The Hall–Kier alpha value is -2.76. The van der Waals surface area contributed by atoms with Gasteiger partial charge in [0.1, 0.15) is 5.56 Å². The van der Waals surface area contributed by atoms with E-state index in [1.165, 1.54) is 0 Å². The molecule has 128 valence electrons. The van der Waals surface area contributed by atoms with Crippen LogP contribution < -0.4 is 19.5 Å². The largest absolute Gasteiger partial charge is 0.493 e. The normalized spacial score (nSPS) is 10.1. The summed E-state index contributed by atoms with van der Waals surface area (Å²) >= 11 is 0. The number of pyridine rings is 1. The lowest BCUT2D eigenvalue weighted by Crippen LogP contribution is -2.26. The van der Waals surface area contributed by atoms with E-state index in [1.807, 2.05) is 25.1 Å². The lowest BCUT2D eigenvalue weighted by Gasteiger charge is -2.11. The van der Waals surface area contributed by atoms with Gasteiger partial charge in [-0.15, -0.1) is 0 Å². The number of nitrogens with zero attached hydrogens (tertiary/aromatic N) is 1. The van der Waals surface area contributed by atoms with Crippen molar-refractivity contribution in [1.82, 2.24) is 10.3 Å². The van der Waals surface area contributed by atoms with Gasteiger partial charge in [-0.2, -0.15) is 0 Å². The molecule has 0 aliphatic heterocycles. The van der Waals surface area contributed by atoms with Crippen molar-refractivity contribution < 1.29 is 19.0 Å². The van der Waals surface area contributed by atoms with Gasteiger partial charge in [0, 0.05) is 12.7 Å². The minimum atomic E-state index is -0.202. The van der Waals surface area contributed by atoms with Crippen LogP contribution in [0.5, 0.6) is 17.4 Å². The monoisotopic (exact) mass is 330 g/mol. The standard InChI is InChI=1S/C18H22N2O4/c1-4-24-18-14(6-5-10-20-18)17(21)19-11-9-13-7-8-15(22-2)16(12-13)23-3/h5-8,10,12H,4,9,11H2,1-3H3,(H,19,21). The maximum atomic E-state index is 12.3. The van der Waals surface area contributed by atoms with Crippen molar-refractivity contribution in [2.45, 2.75) is 13.3 Å². The smallest absolute Gasteiger partial charge is 0.256 e. The number of rotatable bonds is 8. The Bertz CT molecular complexity index is 688. The van der Waals surface area contributed by atoms with Crippen molar-refractivity contribution in [3.8, 4) is 17.4 Å². The zero-order chi connectivity index (χ0) is 17.4. The lowest BCUT2D eigenvalue weighted by atomic mass is 10.1. The zero-order valence-corrected chi connectivity index (χ0v) is 14.2. The van der Waals surface area contributed by atoms with E-state index < -0.39 is 0 Å². The summed E-state index contributed by atoms with van der Waals surface area (Å²) < 4.78 is 15.9. The number of aromatic nitrogens is 1. The molecule has 0 unspecified atom stereocenters. The summed E-state index contributed by atoms with van der Waals surface area (Å²) in [5.74, 6) is 1.50. The molecule has 0 radical (unpaired) electrons. The maximum absolute atomic E-state index is 12.3. The molecular formula is C18H22N2O4. The summed E-state index contributed by atoms with van der Waals surface area (Å²) in [6.07, 6.45) is 2.28.